The number of anilines is 1. The van der Waals surface area contributed by atoms with E-state index in [-0.39, 0.29) is 30.0 Å². The van der Waals surface area contributed by atoms with Crippen molar-refractivity contribution in [2.24, 2.45) is 5.92 Å². The average molecular weight is 313 g/mol. The fourth-order valence-electron chi connectivity index (χ4n) is 2.01. The topological polar surface area (TPSA) is 59.0 Å². The Bertz CT molecular complexity index is 443. The van der Waals surface area contributed by atoms with Gasteiger partial charge in [0.05, 0.1) is 0 Å². The molecule has 2 heterocycles. The highest BCUT2D eigenvalue weighted by atomic mass is 35.5. The van der Waals surface area contributed by atoms with Crippen molar-refractivity contribution in [1.82, 2.24) is 15.1 Å². The Labute approximate surface area is 120 Å². The Morgan fingerprint density at radius 3 is 2.70 bits per heavy atom. The van der Waals surface area contributed by atoms with E-state index in [1.165, 1.54) is 12.3 Å². The van der Waals surface area contributed by atoms with Crippen molar-refractivity contribution in [2.75, 3.05) is 18.4 Å². The monoisotopic (exact) mass is 312 g/mol. The van der Waals surface area contributed by atoms with Gasteiger partial charge in [-0.1, -0.05) is 0 Å². The Morgan fingerprint density at radius 2 is 2.10 bits per heavy atom. The van der Waals surface area contributed by atoms with Crippen molar-refractivity contribution in [3.05, 3.63) is 12.3 Å². The Balaban J connectivity index is 0.00000200. The number of hydrogen-bond acceptors (Lipinski definition) is 3. The van der Waals surface area contributed by atoms with Gasteiger partial charge in [-0.25, -0.2) is 0 Å². The summed E-state index contributed by atoms with van der Waals surface area (Å²) in [6.45, 7) is 0.400. The van der Waals surface area contributed by atoms with Crippen LogP contribution in [0.3, 0.4) is 0 Å². The van der Waals surface area contributed by atoms with Crippen LogP contribution >= 0.6 is 12.4 Å². The second kappa shape index (κ2) is 6.94. The highest BCUT2D eigenvalue weighted by Gasteiger charge is 2.28. The largest absolute Gasteiger partial charge is 0.408 e. The molecule has 0 saturated carbocycles. The number of aromatic nitrogens is 2. The fraction of sp³-hybridized carbons (Fsp3) is 0.636. The molecule has 1 amide bonds. The third kappa shape index (κ3) is 5.01. The molecular weight excluding hydrogens is 297 g/mol. The van der Waals surface area contributed by atoms with E-state index in [4.69, 9.17) is 0 Å². The highest BCUT2D eigenvalue weighted by molar-refractivity contribution is 5.91. The number of hydrogen-bond donors (Lipinski definition) is 2. The molecule has 20 heavy (non-hydrogen) atoms. The molecule has 5 nitrogen and oxygen atoms in total. The molecule has 0 unspecified atom stereocenters. The molecule has 0 aromatic carbocycles. The molecule has 2 N–H and O–H groups in total. The number of nitrogens with zero attached hydrogens (tertiary/aromatic N) is 2. The number of nitrogens with one attached hydrogen (secondary N) is 2. The van der Waals surface area contributed by atoms with Crippen LogP contribution in [0.1, 0.15) is 12.8 Å². The maximum absolute atomic E-state index is 12.1. The Hall–Kier alpha value is -1.28. The summed E-state index contributed by atoms with van der Waals surface area (Å²) in [4.78, 5) is 11.9. The van der Waals surface area contributed by atoms with Crippen LogP contribution in [0.15, 0.2) is 12.3 Å². The second-order valence-corrected chi connectivity index (χ2v) is 4.53. The van der Waals surface area contributed by atoms with E-state index in [0.29, 0.717) is 0 Å². The van der Waals surface area contributed by atoms with Crippen LogP contribution in [-0.2, 0) is 11.3 Å². The summed E-state index contributed by atoms with van der Waals surface area (Å²) in [7, 11) is 0. The van der Waals surface area contributed by atoms with Crippen molar-refractivity contribution in [3.63, 3.8) is 0 Å². The third-order valence-corrected chi connectivity index (χ3v) is 2.94. The van der Waals surface area contributed by atoms with Gasteiger partial charge in [0.1, 0.15) is 6.54 Å². The molecule has 0 radical (unpaired) electrons. The van der Waals surface area contributed by atoms with Gasteiger partial charge < -0.3 is 10.6 Å². The number of halogens is 4. The number of carbonyl (C=O) groups is 1. The van der Waals surface area contributed by atoms with Gasteiger partial charge in [0, 0.05) is 18.2 Å². The predicted molar refractivity (Wildman–Crippen MR) is 69.8 cm³/mol. The molecule has 0 atom stereocenters. The summed E-state index contributed by atoms with van der Waals surface area (Å²) < 4.78 is 37.2. The fourth-order valence-corrected chi connectivity index (χ4v) is 2.01. The number of amides is 1. The Kier molecular flexibility index (Phi) is 5.82. The van der Waals surface area contributed by atoms with Crippen LogP contribution < -0.4 is 10.6 Å². The average Bonchev–Trinajstić information content (AvgIpc) is 2.75. The van der Waals surface area contributed by atoms with Crippen LogP contribution in [-0.4, -0.2) is 35.0 Å². The van der Waals surface area contributed by atoms with Crippen molar-refractivity contribution in [1.29, 1.82) is 0 Å². The molecule has 1 fully saturated rings. The Morgan fingerprint density at radius 1 is 1.45 bits per heavy atom. The van der Waals surface area contributed by atoms with Gasteiger partial charge in [-0.15, -0.1) is 12.4 Å². The lowest BCUT2D eigenvalue weighted by Gasteiger charge is -2.21. The maximum atomic E-state index is 12.1. The summed E-state index contributed by atoms with van der Waals surface area (Å²) in [6, 6.07) is 1.37. The molecule has 114 valence electrons. The molecule has 0 aliphatic carbocycles. The van der Waals surface area contributed by atoms with Gasteiger partial charge in [-0.05, 0) is 25.9 Å². The van der Waals surface area contributed by atoms with Crippen LogP contribution in [0, 0.1) is 5.92 Å². The minimum absolute atomic E-state index is 0. The minimum atomic E-state index is -4.32. The first-order valence-corrected chi connectivity index (χ1v) is 6.06. The van der Waals surface area contributed by atoms with E-state index >= 15 is 0 Å². The second-order valence-electron chi connectivity index (χ2n) is 4.53. The van der Waals surface area contributed by atoms with Gasteiger partial charge in [-0.3, -0.25) is 9.48 Å². The summed E-state index contributed by atoms with van der Waals surface area (Å²) in [6.07, 6.45) is -1.65. The molecule has 1 aromatic rings. The molecule has 1 aromatic heterocycles. The van der Waals surface area contributed by atoms with Crippen LogP contribution in [0.4, 0.5) is 19.0 Å². The van der Waals surface area contributed by atoms with E-state index in [1.54, 1.807) is 0 Å². The SMILES string of the molecule is Cl.O=C(Nc1ccn(CC(F)(F)F)n1)C1CCNCC1. The standard InChI is InChI=1S/C11H15F3N4O.ClH/c12-11(13,14)7-18-6-3-9(17-18)16-10(19)8-1-4-15-5-2-8;/h3,6,8,15H,1-2,4-5,7H2,(H,16,17,19);1H. The molecule has 2 rings (SSSR count). The van der Waals surface area contributed by atoms with Crippen LogP contribution in [0.2, 0.25) is 0 Å². The molecule has 9 heteroatoms. The predicted octanol–water partition coefficient (Wildman–Crippen LogP) is 1.81. The van der Waals surface area contributed by atoms with E-state index in [2.05, 4.69) is 15.7 Å². The van der Waals surface area contributed by atoms with Gasteiger partial charge in [0.2, 0.25) is 5.91 Å². The number of carbonyl (C=O) groups excluding carboxylic acids is 1. The molecule has 0 bridgehead atoms. The first-order valence-electron chi connectivity index (χ1n) is 6.06. The lowest BCUT2D eigenvalue weighted by Crippen LogP contribution is -2.34. The van der Waals surface area contributed by atoms with Crippen LogP contribution in [0.5, 0.6) is 0 Å². The number of alkyl halides is 3. The summed E-state index contributed by atoms with van der Waals surface area (Å²) >= 11 is 0. The zero-order chi connectivity index (χ0) is 13.9. The lowest BCUT2D eigenvalue weighted by atomic mass is 9.97. The third-order valence-electron chi connectivity index (χ3n) is 2.94. The summed E-state index contributed by atoms with van der Waals surface area (Å²) in [5.41, 5.74) is 0. The molecule has 1 aliphatic rings. The zero-order valence-corrected chi connectivity index (χ0v) is 11.4. The maximum Gasteiger partial charge on any atom is 0.408 e. The minimum Gasteiger partial charge on any atom is -0.317 e. The van der Waals surface area contributed by atoms with E-state index in [9.17, 15) is 18.0 Å². The lowest BCUT2D eigenvalue weighted by molar-refractivity contribution is -0.142. The van der Waals surface area contributed by atoms with E-state index in [0.717, 1.165) is 30.6 Å². The van der Waals surface area contributed by atoms with Gasteiger partial charge in [-0.2, -0.15) is 18.3 Å². The molecule has 1 aliphatic heterocycles. The van der Waals surface area contributed by atoms with Crippen molar-refractivity contribution >= 4 is 24.1 Å². The summed E-state index contributed by atoms with van der Waals surface area (Å²) in [5, 5.41) is 9.37. The first-order chi connectivity index (χ1) is 8.94. The normalized spacial score (nSPS) is 16.6. The number of piperidine rings is 1. The van der Waals surface area contributed by atoms with Crippen LogP contribution in [0.25, 0.3) is 0 Å². The molecule has 0 spiro atoms. The molecule has 1 saturated heterocycles. The van der Waals surface area contributed by atoms with Crippen molar-refractivity contribution in [3.8, 4) is 0 Å². The number of rotatable bonds is 3. The van der Waals surface area contributed by atoms with Crippen molar-refractivity contribution < 1.29 is 18.0 Å². The van der Waals surface area contributed by atoms with Crippen molar-refractivity contribution in [2.45, 2.75) is 25.6 Å². The van der Waals surface area contributed by atoms with E-state index < -0.39 is 12.7 Å². The quantitative estimate of drug-likeness (QED) is 0.895. The van der Waals surface area contributed by atoms with Gasteiger partial charge in [0.15, 0.2) is 5.82 Å². The highest BCUT2D eigenvalue weighted by Crippen LogP contribution is 2.18. The van der Waals surface area contributed by atoms with Gasteiger partial charge >= 0.3 is 6.18 Å². The first kappa shape index (κ1) is 16.8. The summed E-state index contributed by atoms with van der Waals surface area (Å²) in [5.74, 6) is -0.124. The molecular formula is C11H16ClF3N4O. The van der Waals surface area contributed by atoms with E-state index in [1.807, 2.05) is 0 Å². The van der Waals surface area contributed by atoms with Gasteiger partial charge in [0.25, 0.3) is 0 Å². The zero-order valence-electron chi connectivity index (χ0n) is 10.6. The smallest absolute Gasteiger partial charge is 0.317 e.